The Morgan fingerprint density at radius 3 is 2.75 bits per heavy atom. The smallest absolute Gasteiger partial charge is 0.273 e. The van der Waals surface area contributed by atoms with E-state index in [1.165, 1.54) is 25.3 Å². The van der Waals surface area contributed by atoms with Crippen molar-refractivity contribution in [2.75, 3.05) is 7.11 Å². The molecule has 0 spiro atoms. The van der Waals surface area contributed by atoms with Crippen molar-refractivity contribution < 1.29 is 9.66 Å². The second-order valence-corrected chi connectivity index (χ2v) is 2.14. The van der Waals surface area contributed by atoms with Gasteiger partial charge in [-0.25, -0.2) is 0 Å². The first-order chi connectivity index (χ1) is 5.65. The van der Waals surface area contributed by atoms with Gasteiger partial charge in [0.05, 0.1) is 23.8 Å². The van der Waals surface area contributed by atoms with Crippen LogP contribution in [0, 0.1) is 10.1 Å². The highest BCUT2D eigenvalue weighted by Crippen LogP contribution is 2.26. The minimum atomic E-state index is -0.526. The van der Waals surface area contributed by atoms with E-state index in [4.69, 9.17) is 10.5 Å². The fourth-order valence-corrected chi connectivity index (χ4v) is 0.793. The zero-order valence-corrected chi connectivity index (χ0v) is 6.40. The van der Waals surface area contributed by atoms with Crippen LogP contribution in [0.25, 0.3) is 0 Å². The summed E-state index contributed by atoms with van der Waals surface area (Å²) < 4.78 is 4.74. The van der Waals surface area contributed by atoms with Crippen LogP contribution in [-0.4, -0.2) is 12.0 Å². The number of non-ortho nitro benzene ring substituents is 1. The number of hydrogen-bond donors (Lipinski definition) is 0. The quantitative estimate of drug-likeness (QED) is 0.494. The molecule has 63 valence electrons. The molecule has 1 aromatic rings. The molecule has 5 nitrogen and oxygen atoms in total. The van der Waals surface area contributed by atoms with Crippen LogP contribution in [0.2, 0.25) is 0 Å². The second-order valence-electron chi connectivity index (χ2n) is 2.14. The van der Waals surface area contributed by atoms with Crippen molar-refractivity contribution in [3.63, 3.8) is 0 Å². The predicted octanol–water partition coefficient (Wildman–Crippen LogP) is 1.52. The Hall–Kier alpha value is -1.78. The number of rotatable bonds is 2. The number of nitro benzene ring substituents is 1. The number of nitrogens with one attached hydrogen (secondary N) is 1. The van der Waals surface area contributed by atoms with E-state index in [1.807, 2.05) is 0 Å². The average molecular weight is 167 g/mol. The Kier molecular flexibility index (Phi) is 2.14. The van der Waals surface area contributed by atoms with E-state index in [1.54, 1.807) is 0 Å². The van der Waals surface area contributed by atoms with Gasteiger partial charge in [0.15, 0.2) is 5.75 Å². The number of benzene rings is 1. The summed E-state index contributed by atoms with van der Waals surface area (Å²) in [5.41, 5.74) is 7.34. The zero-order valence-electron chi connectivity index (χ0n) is 6.40. The summed E-state index contributed by atoms with van der Waals surface area (Å²) in [7, 11) is 1.37. The molecule has 0 aromatic heterocycles. The third-order valence-electron chi connectivity index (χ3n) is 1.40. The van der Waals surface area contributed by atoms with E-state index < -0.39 is 4.92 Å². The summed E-state index contributed by atoms with van der Waals surface area (Å²) in [6, 6.07) is 3.82. The van der Waals surface area contributed by atoms with Gasteiger partial charge in [-0.1, -0.05) is 0 Å². The summed E-state index contributed by atoms with van der Waals surface area (Å²) in [4.78, 5) is 9.74. The molecule has 1 radical (unpaired) electrons. The summed E-state index contributed by atoms with van der Waals surface area (Å²) in [5, 5.41) is 10.3. The molecule has 0 heterocycles. The molecule has 1 rings (SSSR count). The van der Waals surface area contributed by atoms with Crippen LogP contribution in [0.3, 0.4) is 0 Å². The first-order valence-corrected chi connectivity index (χ1v) is 3.19. The molecule has 1 N–H and O–H groups in total. The van der Waals surface area contributed by atoms with E-state index in [9.17, 15) is 10.1 Å². The van der Waals surface area contributed by atoms with Crippen LogP contribution < -0.4 is 10.5 Å². The summed E-state index contributed by atoms with van der Waals surface area (Å²) in [5.74, 6) is 0.212. The Bertz CT molecular complexity index is 312. The lowest BCUT2D eigenvalue weighted by Gasteiger charge is -2.01. The first kappa shape index (κ1) is 8.32. The molecule has 0 aliphatic heterocycles. The van der Waals surface area contributed by atoms with E-state index in [-0.39, 0.29) is 17.1 Å². The van der Waals surface area contributed by atoms with Gasteiger partial charge in [0.2, 0.25) is 0 Å². The highest BCUT2D eigenvalue weighted by molar-refractivity contribution is 5.55. The third kappa shape index (κ3) is 1.45. The molecule has 0 unspecified atom stereocenters. The highest BCUT2D eigenvalue weighted by atomic mass is 16.6. The van der Waals surface area contributed by atoms with E-state index in [0.717, 1.165) is 0 Å². The molecule has 0 atom stereocenters. The topological polar surface area (TPSA) is 76.2 Å². The monoisotopic (exact) mass is 167 g/mol. The van der Waals surface area contributed by atoms with E-state index >= 15 is 0 Å². The van der Waals surface area contributed by atoms with Gasteiger partial charge in [0.1, 0.15) is 0 Å². The Morgan fingerprint density at radius 1 is 1.58 bits per heavy atom. The first-order valence-electron chi connectivity index (χ1n) is 3.19. The lowest BCUT2D eigenvalue weighted by Crippen LogP contribution is -1.90. The van der Waals surface area contributed by atoms with Crippen molar-refractivity contribution in [2.45, 2.75) is 0 Å². The van der Waals surface area contributed by atoms with Crippen LogP contribution in [-0.2, 0) is 0 Å². The van der Waals surface area contributed by atoms with Crippen molar-refractivity contribution in [1.82, 2.24) is 5.73 Å². The SMILES string of the molecule is COc1cc([N+](=O)[O-])ccc1[NH]. The molecular formula is C7H7N2O3. The fourth-order valence-electron chi connectivity index (χ4n) is 0.793. The molecule has 12 heavy (non-hydrogen) atoms. The maximum Gasteiger partial charge on any atom is 0.273 e. The second kappa shape index (κ2) is 3.08. The van der Waals surface area contributed by atoms with Gasteiger partial charge < -0.3 is 4.74 Å². The molecule has 1 aromatic carbocycles. The van der Waals surface area contributed by atoms with Gasteiger partial charge in [-0.15, -0.1) is 0 Å². The van der Waals surface area contributed by atoms with Gasteiger partial charge in [-0.3, -0.25) is 15.8 Å². The number of nitrogens with zero attached hydrogens (tertiary/aromatic N) is 1. The molecule has 5 heteroatoms. The summed E-state index contributed by atoms with van der Waals surface area (Å²) in [6.07, 6.45) is 0. The molecule has 0 aliphatic carbocycles. The standard InChI is InChI=1S/C7H7N2O3/c1-12-7-4-5(9(10)11)2-3-6(7)8/h2-4,8H,1H3. The lowest BCUT2D eigenvalue weighted by atomic mass is 10.2. The Labute approximate surface area is 68.9 Å². The van der Waals surface area contributed by atoms with Gasteiger partial charge in [-0.05, 0) is 6.07 Å². The molecule has 0 saturated carbocycles. The molecular weight excluding hydrogens is 160 g/mol. The highest BCUT2D eigenvalue weighted by Gasteiger charge is 2.08. The molecule has 0 amide bonds. The molecule has 0 aliphatic rings. The van der Waals surface area contributed by atoms with Gasteiger partial charge in [0.25, 0.3) is 5.69 Å². The number of methoxy groups -OCH3 is 1. The van der Waals surface area contributed by atoms with Crippen molar-refractivity contribution in [3.05, 3.63) is 28.3 Å². The summed E-state index contributed by atoms with van der Waals surface area (Å²) >= 11 is 0. The normalized spacial score (nSPS) is 9.42. The summed E-state index contributed by atoms with van der Waals surface area (Å²) in [6.45, 7) is 0. The number of ether oxygens (including phenoxy) is 1. The minimum Gasteiger partial charge on any atom is -0.494 e. The van der Waals surface area contributed by atoms with Crippen molar-refractivity contribution >= 4 is 11.4 Å². The van der Waals surface area contributed by atoms with Gasteiger partial charge >= 0.3 is 0 Å². The van der Waals surface area contributed by atoms with Gasteiger partial charge in [-0.2, -0.15) is 0 Å². The maximum absolute atomic E-state index is 10.3. The fraction of sp³-hybridized carbons (Fsp3) is 0.143. The van der Waals surface area contributed by atoms with Crippen molar-refractivity contribution in [1.29, 1.82) is 0 Å². The third-order valence-corrected chi connectivity index (χ3v) is 1.40. The largest absolute Gasteiger partial charge is 0.494 e. The molecule has 0 saturated heterocycles. The van der Waals surface area contributed by atoms with Crippen LogP contribution >= 0.6 is 0 Å². The lowest BCUT2D eigenvalue weighted by molar-refractivity contribution is -0.384. The van der Waals surface area contributed by atoms with Crippen LogP contribution in [0.5, 0.6) is 5.75 Å². The Morgan fingerprint density at radius 2 is 2.25 bits per heavy atom. The maximum atomic E-state index is 10.3. The minimum absolute atomic E-state index is 0.0668. The molecule has 0 bridgehead atoms. The van der Waals surface area contributed by atoms with Crippen molar-refractivity contribution in [3.8, 4) is 5.75 Å². The number of nitro groups is 1. The van der Waals surface area contributed by atoms with Gasteiger partial charge in [0, 0.05) is 6.07 Å². The van der Waals surface area contributed by atoms with Crippen LogP contribution in [0.15, 0.2) is 18.2 Å². The van der Waals surface area contributed by atoms with Crippen LogP contribution in [0.1, 0.15) is 0 Å². The molecule has 0 fully saturated rings. The van der Waals surface area contributed by atoms with E-state index in [0.29, 0.717) is 0 Å². The van der Waals surface area contributed by atoms with E-state index in [2.05, 4.69) is 0 Å². The van der Waals surface area contributed by atoms with Crippen LogP contribution in [0.4, 0.5) is 11.4 Å². The predicted molar refractivity (Wildman–Crippen MR) is 42.4 cm³/mol. The Balaban J connectivity index is 3.13. The number of hydrogen-bond acceptors (Lipinski definition) is 3. The van der Waals surface area contributed by atoms with Crippen molar-refractivity contribution in [2.24, 2.45) is 0 Å². The average Bonchev–Trinajstić information content (AvgIpc) is 2.05. The zero-order chi connectivity index (χ0) is 9.14.